The molecule has 0 radical (unpaired) electrons. The van der Waals surface area contributed by atoms with E-state index in [0.717, 1.165) is 17.0 Å². The number of nitrogens with zero attached hydrogens (tertiary/aromatic N) is 4. The Balaban J connectivity index is 1.39. The molecule has 1 amide bonds. The van der Waals surface area contributed by atoms with E-state index >= 15 is 0 Å². The maximum atomic E-state index is 12.4. The fourth-order valence-electron chi connectivity index (χ4n) is 3.12. The first kappa shape index (κ1) is 22.9. The molecule has 0 aliphatic carbocycles. The van der Waals surface area contributed by atoms with Crippen LogP contribution in [0.15, 0.2) is 71.0 Å². The number of aryl methyl sites for hydroxylation is 1. The van der Waals surface area contributed by atoms with Crippen LogP contribution in [0.25, 0.3) is 11.0 Å². The number of rotatable bonds is 8. The number of aromatic nitrogens is 3. The summed E-state index contributed by atoms with van der Waals surface area (Å²) in [5.74, 6) is 0.137. The maximum absolute atomic E-state index is 12.4. The molecule has 8 nitrogen and oxygen atoms in total. The van der Waals surface area contributed by atoms with Gasteiger partial charge in [-0.05, 0) is 35.8 Å². The quantitative estimate of drug-likeness (QED) is 0.311. The predicted molar refractivity (Wildman–Crippen MR) is 129 cm³/mol. The Hall–Kier alpha value is -4.29. The zero-order valence-electron chi connectivity index (χ0n) is 18.4. The lowest BCUT2D eigenvalue weighted by Gasteiger charge is -2.07. The predicted octanol–water partition coefficient (Wildman–Crippen LogP) is 3.52. The van der Waals surface area contributed by atoms with Gasteiger partial charge in [0.2, 0.25) is 4.96 Å². The summed E-state index contributed by atoms with van der Waals surface area (Å²) in [4.78, 5) is 29.6. The highest BCUT2D eigenvalue weighted by Gasteiger charge is 2.10. The average molecular weight is 472 g/mol. The van der Waals surface area contributed by atoms with Gasteiger partial charge in [0.05, 0.1) is 5.69 Å². The topological polar surface area (TPSA) is 109 Å². The van der Waals surface area contributed by atoms with Crippen LogP contribution in [-0.2, 0) is 24.4 Å². The molecular weight excluding hydrogens is 450 g/mol. The van der Waals surface area contributed by atoms with Crippen LogP contribution in [0.2, 0.25) is 0 Å². The van der Waals surface area contributed by atoms with Gasteiger partial charge in [0.1, 0.15) is 29.0 Å². The summed E-state index contributed by atoms with van der Waals surface area (Å²) in [7, 11) is 0. The number of benzene rings is 2. The molecule has 2 aromatic heterocycles. The van der Waals surface area contributed by atoms with Crippen LogP contribution in [0.1, 0.15) is 28.8 Å². The van der Waals surface area contributed by atoms with Crippen molar-refractivity contribution >= 4 is 28.3 Å². The van der Waals surface area contributed by atoms with Crippen molar-refractivity contribution in [1.29, 1.82) is 5.26 Å². The minimum atomic E-state index is -0.436. The van der Waals surface area contributed by atoms with E-state index in [0.29, 0.717) is 28.5 Å². The number of amides is 1. The zero-order valence-corrected chi connectivity index (χ0v) is 19.2. The van der Waals surface area contributed by atoms with Crippen molar-refractivity contribution in [3.63, 3.8) is 0 Å². The van der Waals surface area contributed by atoms with Crippen molar-refractivity contribution in [3.8, 4) is 11.8 Å². The molecule has 2 aromatic carbocycles. The summed E-state index contributed by atoms with van der Waals surface area (Å²) in [6, 6.07) is 19.8. The number of nitrogens with one attached hydrogen (secondary N) is 1. The van der Waals surface area contributed by atoms with E-state index in [1.165, 1.54) is 28.0 Å². The molecule has 2 heterocycles. The van der Waals surface area contributed by atoms with Crippen LogP contribution in [-0.4, -0.2) is 20.5 Å². The lowest BCUT2D eigenvalue weighted by Crippen LogP contribution is -2.23. The van der Waals surface area contributed by atoms with Crippen LogP contribution < -0.4 is 15.6 Å². The molecule has 0 saturated carbocycles. The van der Waals surface area contributed by atoms with Crippen molar-refractivity contribution in [2.75, 3.05) is 0 Å². The van der Waals surface area contributed by atoms with Gasteiger partial charge in [0.15, 0.2) is 0 Å². The van der Waals surface area contributed by atoms with Gasteiger partial charge in [-0.15, -0.1) is 0 Å². The molecule has 0 aliphatic rings. The number of nitriles is 1. The molecular formula is C25H21N5O3S. The number of hydrogen-bond donors (Lipinski definition) is 1. The normalized spacial score (nSPS) is 11.2. The van der Waals surface area contributed by atoms with Gasteiger partial charge in [-0.3, -0.25) is 9.59 Å². The Morgan fingerprint density at radius 1 is 1.21 bits per heavy atom. The van der Waals surface area contributed by atoms with Gasteiger partial charge in [-0.25, -0.2) is 4.98 Å². The van der Waals surface area contributed by atoms with E-state index < -0.39 is 5.91 Å². The van der Waals surface area contributed by atoms with Gasteiger partial charge < -0.3 is 10.1 Å². The van der Waals surface area contributed by atoms with Gasteiger partial charge in [-0.1, -0.05) is 60.7 Å². The second kappa shape index (κ2) is 10.6. The molecule has 4 rings (SSSR count). The monoisotopic (exact) mass is 471 g/mol. The number of carbonyl (C=O) groups is 1. The van der Waals surface area contributed by atoms with Crippen molar-refractivity contribution in [1.82, 2.24) is 19.9 Å². The minimum Gasteiger partial charge on any atom is -0.487 e. The van der Waals surface area contributed by atoms with E-state index in [9.17, 15) is 14.9 Å². The first-order valence-corrected chi connectivity index (χ1v) is 11.4. The highest BCUT2D eigenvalue weighted by Crippen LogP contribution is 2.17. The summed E-state index contributed by atoms with van der Waals surface area (Å²) in [5.41, 5.74) is 1.93. The Morgan fingerprint density at radius 2 is 1.97 bits per heavy atom. The van der Waals surface area contributed by atoms with Gasteiger partial charge >= 0.3 is 0 Å². The molecule has 0 bridgehead atoms. The van der Waals surface area contributed by atoms with Crippen molar-refractivity contribution in [2.45, 2.75) is 26.5 Å². The van der Waals surface area contributed by atoms with Crippen LogP contribution >= 0.6 is 11.3 Å². The minimum absolute atomic E-state index is 0.0126. The van der Waals surface area contributed by atoms with E-state index in [4.69, 9.17) is 4.74 Å². The molecule has 0 atom stereocenters. The average Bonchev–Trinajstić information content (AvgIpc) is 3.30. The molecule has 4 aromatic rings. The van der Waals surface area contributed by atoms with Gasteiger partial charge in [0.25, 0.3) is 11.5 Å². The first-order chi connectivity index (χ1) is 16.6. The Bertz CT molecular complexity index is 1430. The van der Waals surface area contributed by atoms with Gasteiger partial charge in [-0.2, -0.15) is 14.9 Å². The highest BCUT2D eigenvalue weighted by molar-refractivity contribution is 7.16. The SMILES string of the molecule is CCc1nn2c(=O)cc(COc3ccc(/C=C(\C#N)C(=O)NCc4ccccc4)cc3)nc2s1. The number of fused-ring (bicyclic) bond motifs is 1. The Labute approximate surface area is 199 Å². The maximum Gasteiger partial charge on any atom is 0.275 e. The van der Waals surface area contributed by atoms with E-state index in [1.807, 2.05) is 43.3 Å². The molecule has 1 N–H and O–H groups in total. The molecule has 0 fully saturated rings. The molecule has 9 heteroatoms. The van der Waals surface area contributed by atoms with E-state index in [-0.39, 0.29) is 17.7 Å². The third-order valence-corrected chi connectivity index (χ3v) is 5.93. The Morgan fingerprint density at radius 3 is 2.68 bits per heavy atom. The summed E-state index contributed by atoms with van der Waals surface area (Å²) in [6.07, 6.45) is 2.26. The fraction of sp³-hybridized carbons (Fsp3) is 0.160. The number of carbonyl (C=O) groups excluding carboxylic acids is 1. The fourth-order valence-corrected chi connectivity index (χ4v) is 3.98. The van der Waals surface area contributed by atoms with Gasteiger partial charge in [0, 0.05) is 12.6 Å². The third kappa shape index (κ3) is 5.54. The second-order valence-corrected chi connectivity index (χ2v) is 8.37. The van der Waals surface area contributed by atoms with Crippen molar-refractivity contribution in [3.05, 3.63) is 98.4 Å². The first-order valence-electron chi connectivity index (χ1n) is 10.6. The van der Waals surface area contributed by atoms with Crippen LogP contribution in [0.3, 0.4) is 0 Å². The van der Waals surface area contributed by atoms with E-state index in [1.54, 1.807) is 24.3 Å². The summed E-state index contributed by atoms with van der Waals surface area (Å²) in [5, 5.41) is 17.2. The lowest BCUT2D eigenvalue weighted by atomic mass is 10.1. The van der Waals surface area contributed by atoms with Crippen molar-refractivity contribution in [2.24, 2.45) is 0 Å². The highest BCUT2D eigenvalue weighted by atomic mass is 32.1. The van der Waals surface area contributed by atoms with E-state index in [2.05, 4.69) is 15.4 Å². The lowest BCUT2D eigenvalue weighted by molar-refractivity contribution is -0.117. The second-order valence-electron chi connectivity index (χ2n) is 7.33. The largest absolute Gasteiger partial charge is 0.487 e. The summed E-state index contributed by atoms with van der Waals surface area (Å²) >= 11 is 1.38. The number of hydrogen-bond acceptors (Lipinski definition) is 7. The molecule has 0 spiro atoms. The van der Waals surface area contributed by atoms with Crippen LogP contribution in [0.4, 0.5) is 0 Å². The van der Waals surface area contributed by atoms with Crippen LogP contribution in [0, 0.1) is 11.3 Å². The molecule has 0 unspecified atom stereocenters. The number of ether oxygens (including phenoxy) is 1. The summed E-state index contributed by atoms with van der Waals surface area (Å²) in [6.45, 7) is 2.45. The smallest absolute Gasteiger partial charge is 0.275 e. The molecule has 0 saturated heterocycles. The van der Waals surface area contributed by atoms with Crippen molar-refractivity contribution < 1.29 is 9.53 Å². The molecule has 0 aliphatic heterocycles. The zero-order chi connectivity index (χ0) is 23.9. The Kier molecular flexibility index (Phi) is 7.10. The summed E-state index contributed by atoms with van der Waals surface area (Å²) < 4.78 is 7.06. The molecule has 34 heavy (non-hydrogen) atoms. The third-order valence-electron chi connectivity index (χ3n) is 4.88. The standard InChI is InChI=1S/C25H21N5O3S/c1-2-22-29-30-23(31)13-20(28-25(30)34-22)16-33-21-10-8-17(9-11-21)12-19(14-26)24(32)27-15-18-6-4-3-5-7-18/h3-13H,2,15-16H2,1H3,(H,27,32)/b19-12+. The van der Waals surface area contributed by atoms with Crippen LogP contribution in [0.5, 0.6) is 5.75 Å². The molecule has 170 valence electrons.